The number of amides is 3. The van der Waals surface area contributed by atoms with Crippen molar-refractivity contribution in [3.63, 3.8) is 0 Å². The molecule has 2 aliphatic rings. The van der Waals surface area contributed by atoms with E-state index in [0.29, 0.717) is 18.5 Å². The van der Waals surface area contributed by atoms with Crippen LogP contribution in [-0.4, -0.2) is 38.0 Å². The monoisotopic (exact) mass is 507 g/mol. The van der Waals surface area contributed by atoms with E-state index in [4.69, 9.17) is 4.98 Å². The van der Waals surface area contributed by atoms with Crippen LogP contribution in [0.2, 0.25) is 0 Å². The number of pyridine rings is 1. The van der Waals surface area contributed by atoms with Gasteiger partial charge in [0.2, 0.25) is 11.8 Å². The third-order valence-corrected chi connectivity index (χ3v) is 7.56. The number of benzene rings is 2. The Kier molecular flexibility index (Phi) is 5.56. The van der Waals surface area contributed by atoms with E-state index in [-0.39, 0.29) is 18.2 Å². The fourth-order valence-corrected chi connectivity index (χ4v) is 5.79. The van der Waals surface area contributed by atoms with Crippen LogP contribution < -0.4 is 10.6 Å². The van der Waals surface area contributed by atoms with Gasteiger partial charge < -0.3 is 10.2 Å². The Morgan fingerprint density at radius 3 is 2.47 bits per heavy atom. The van der Waals surface area contributed by atoms with Crippen LogP contribution in [0.15, 0.2) is 48.5 Å². The molecular formula is C30H29N5O3. The molecule has 1 atom stereocenters. The average Bonchev–Trinajstić information content (AvgIpc) is 3.39. The predicted molar refractivity (Wildman–Crippen MR) is 145 cm³/mol. The maximum Gasteiger partial charge on any atom is 0.255 e. The Bertz CT molecular complexity index is 1650. The van der Waals surface area contributed by atoms with E-state index < -0.39 is 11.9 Å². The smallest absolute Gasteiger partial charge is 0.255 e. The van der Waals surface area contributed by atoms with Crippen molar-refractivity contribution in [3.8, 4) is 11.3 Å². The first-order chi connectivity index (χ1) is 18.2. The number of rotatable bonds is 4. The highest BCUT2D eigenvalue weighted by atomic mass is 16.2. The molecule has 1 unspecified atom stereocenters. The lowest BCUT2D eigenvalue weighted by molar-refractivity contribution is -0.136. The highest BCUT2D eigenvalue weighted by Crippen LogP contribution is 2.37. The molecule has 0 aliphatic carbocycles. The molecule has 0 spiro atoms. The number of hydrogen-bond acceptors (Lipinski definition) is 5. The molecule has 38 heavy (non-hydrogen) atoms. The maximum atomic E-state index is 13.2. The van der Waals surface area contributed by atoms with Gasteiger partial charge in [-0.25, -0.2) is 4.98 Å². The lowest BCUT2D eigenvalue weighted by Gasteiger charge is -2.29. The number of fused-ring (bicyclic) bond motifs is 2. The topological polar surface area (TPSA) is 95.8 Å². The molecule has 1 saturated heterocycles. The van der Waals surface area contributed by atoms with Crippen molar-refractivity contribution < 1.29 is 14.4 Å². The Morgan fingerprint density at radius 2 is 1.74 bits per heavy atom. The first-order valence-corrected chi connectivity index (χ1v) is 12.8. The highest BCUT2D eigenvalue weighted by molar-refractivity contribution is 6.05. The van der Waals surface area contributed by atoms with Crippen molar-refractivity contribution in [2.75, 3.05) is 5.32 Å². The number of anilines is 2. The Balaban J connectivity index is 1.42. The minimum absolute atomic E-state index is 0.184. The van der Waals surface area contributed by atoms with Crippen LogP contribution in [0.25, 0.3) is 16.9 Å². The normalized spacial score (nSPS) is 17.2. The van der Waals surface area contributed by atoms with Crippen LogP contribution >= 0.6 is 0 Å². The van der Waals surface area contributed by atoms with Crippen LogP contribution in [0, 0.1) is 27.7 Å². The second kappa shape index (κ2) is 8.83. The fraction of sp³-hybridized carbons (Fsp3) is 0.267. The number of imidazole rings is 1. The quantitative estimate of drug-likeness (QED) is 0.389. The zero-order valence-corrected chi connectivity index (χ0v) is 21.9. The number of aromatic nitrogens is 2. The van der Waals surface area contributed by atoms with Gasteiger partial charge >= 0.3 is 0 Å². The number of carbonyl (C=O) groups is 3. The first kappa shape index (κ1) is 23.9. The molecule has 2 aromatic heterocycles. The lowest BCUT2D eigenvalue weighted by atomic mass is 10.0. The number of carbonyl (C=O) groups excluding carboxylic acids is 3. The van der Waals surface area contributed by atoms with E-state index in [1.165, 1.54) is 5.56 Å². The molecule has 1 fully saturated rings. The van der Waals surface area contributed by atoms with Crippen molar-refractivity contribution in [1.82, 2.24) is 19.6 Å². The van der Waals surface area contributed by atoms with Crippen molar-refractivity contribution in [1.29, 1.82) is 0 Å². The second-order valence-electron chi connectivity index (χ2n) is 10.3. The van der Waals surface area contributed by atoms with Crippen molar-refractivity contribution in [2.24, 2.45) is 0 Å². The van der Waals surface area contributed by atoms with Gasteiger partial charge in [-0.1, -0.05) is 29.8 Å². The zero-order chi connectivity index (χ0) is 26.7. The molecule has 4 aromatic rings. The van der Waals surface area contributed by atoms with E-state index >= 15 is 0 Å². The average molecular weight is 508 g/mol. The molecule has 8 heteroatoms. The van der Waals surface area contributed by atoms with Gasteiger partial charge in [0.15, 0.2) is 0 Å². The van der Waals surface area contributed by atoms with Gasteiger partial charge in [-0.15, -0.1) is 0 Å². The predicted octanol–water partition coefficient (Wildman–Crippen LogP) is 4.74. The van der Waals surface area contributed by atoms with Gasteiger partial charge in [0.1, 0.15) is 23.2 Å². The SMILES string of the molecule is Cc1cc(C)c(Nc2c(-c3ccc4c(c3)CN(C3CCC(=O)NC3=O)C4=O)nc3cccc(C)n23)c(C)c1. The van der Waals surface area contributed by atoms with Gasteiger partial charge in [-0.2, -0.15) is 0 Å². The maximum absolute atomic E-state index is 13.2. The zero-order valence-electron chi connectivity index (χ0n) is 21.9. The van der Waals surface area contributed by atoms with Gasteiger partial charge in [0, 0.05) is 35.5 Å². The summed E-state index contributed by atoms with van der Waals surface area (Å²) >= 11 is 0. The van der Waals surface area contributed by atoms with Crippen molar-refractivity contribution >= 4 is 34.9 Å². The summed E-state index contributed by atoms with van der Waals surface area (Å²) in [6.07, 6.45) is 0.571. The van der Waals surface area contributed by atoms with Gasteiger partial charge in [0.25, 0.3) is 5.91 Å². The van der Waals surface area contributed by atoms with E-state index in [1.54, 1.807) is 4.90 Å². The summed E-state index contributed by atoms with van der Waals surface area (Å²) in [5.74, 6) is -0.0247. The van der Waals surface area contributed by atoms with Crippen molar-refractivity contribution in [2.45, 2.75) is 53.1 Å². The van der Waals surface area contributed by atoms with E-state index in [1.807, 2.05) is 30.3 Å². The third-order valence-electron chi connectivity index (χ3n) is 7.56. The minimum Gasteiger partial charge on any atom is -0.339 e. The summed E-state index contributed by atoms with van der Waals surface area (Å²) in [5.41, 5.74) is 9.53. The molecule has 0 saturated carbocycles. The van der Waals surface area contributed by atoms with Crippen LogP contribution in [0.5, 0.6) is 0 Å². The molecule has 3 amide bonds. The summed E-state index contributed by atoms with van der Waals surface area (Å²) in [6.45, 7) is 8.67. The van der Waals surface area contributed by atoms with Crippen LogP contribution in [0.4, 0.5) is 11.5 Å². The van der Waals surface area contributed by atoms with Crippen LogP contribution in [0.1, 0.15) is 51.1 Å². The standard InChI is InChI=1S/C30H29N5O3/c1-16-12-17(2)26(18(3)13-16)33-28-27(31-24-7-5-6-19(4)35(24)28)20-8-9-22-21(14-20)15-34(30(22)38)23-10-11-25(36)32-29(23)37/h5-9,12-14,23,33H,10-11,15H2,1-4H3,(H,32,36,37). The molecule has 4 heterocycles. The Hall–Kier alpha value is -4.46. The third kappa shape index (κ3) is 3.84. The number of aryl methyl sites for hydroxylation is 4. The molecule has 2 aliphatic heterocycles. The summed E-state index contributed by atoms with van der Waals surface area (Å²) in [7, 11) is 0. The molecule has 0 radical (unpaired) electrons. The van der Waals surface area contributed by atoms with E-state index in [0.717, 1.165) is 50.8 Å². The molecule has 2 N–H and O–H groups in total. The second-order valence-corrected chi connectivity index (χ2v) is 10.3. The number of nitrogens with one attached hydrogen (secondary N) is 2. The van der Waals surface area contributed by atoms with Gasteiger partial charge in [-0.05, 0) is 75.1 Å². The molecule has 6 rings (SSSR count). The molecule has 8 nitrogen and oxygen atoms in total. The molecular weight excluding hydrogens is 478 g/mol. The van der Waals surface area contributed by atoms with Crippen molar-refractivity contribution in [3.05, 3.63) is 82.0 Å². The summed E-state index contributed by atoms with van der Waals surface area (Å²) in [4.78, 5) is 43.8. The van der Waals surface area contributed by atoms with Gasteiger partial charge in [0.05, 0.1) is 0 Å². The Morgan fingerprint density at radius 1 is 0.974 bits per heavy atom. The molecule has 0 bridgehead atoms. The van der Waals surface area contributed by atoms with Crippen LogP contribution in [-0.2, 0) is 16.1 Å². The molecule has 2 aromatic carbocycles. The summed E-state index contributed by atoms with van der Waals surface area (Å²) in [5, 5.41) is 6.05. The molecule has 192 valence electrons. The van der Waals surface area contributed by atoms with Gasteiger partial charge in [-0.3, -0.25) is 24.1 Å². The minimum atomic E-state index is -0.640. The summed E-state index contributed by atoms with van der Waals surface area (Å²) < 4.78 is 2.11. The van der Waals surface area contributed by atoms with Crippen LogP contribution in [0.3, 0.4) is 0 Å². The number of imide groups is 1. The number of piperidine rings is 1. The number of hydrogen-bond donors (Lipinski definition) is 2. The van der Waals surface area contributed by atoms with E-state index in [9.17, 15) is 14.4 Å². The highest BCUT2D eigenvalue weighted by Gasteiger charge is 2.39. The Labute approximate surface area is 220 Å². The lowest BCUT2D eigenvalue weighted by Crippen LogP contribution is -2.52. The summed E-state index contributed by atoms with van der Waals surface area (Å²) in [6, 6.07) is 15.5. The van der Waals surface area contributed by atoms with E-state index in [2.05, 4.69) is 60.9 Å². The first-order valence-electron chi connectivity index (χ1n) is 12.8. The largest absolute Gasteiger partial charge is 0.339 e. The fourth-order valence-electron chi connectivity index (χ4n) is 5.79. The number of nitrogens with zero attached hydrogens (tertiary/aromatic N) is 3.